The van der Waals surface area contributed by atoms with Crippen LogP contribution in [0.25, 0.3) is 0 Å². The summed E-state index contributed by atoms with van der Waals surface area (Å²) in [5.74, 6) is -0.246. The van der Waals surface area contributed by atoms with Gasteiger partial charge in [0, 0.05) is 5.02 Å². The second-order valence-corrected chi connectivity index (χ2v) is 3.72. The minimum atomic E-state index is -0.246. The Kier molecular flexibility index (Phi) is 4.72. The largest absolute Gasteiger partial charge is 0.310 e. The van der Waals surface area contributed by atoms with E-state index in [9.17, 15) is 9.18 Å². The molecule has 0 spiro atoms. The maximum absolute atomic E-state index is 13.2. The number of carbonyl (C=O) groups excluding carboxylic acids is 1. The van der Waals surface area contributed by atoms with Crippen molar-refractivity contribution in [2.45, 2.75) is 13.3 Å². The minimum absolute atomic E-state index is 0.246. The second kappa shape index (κ2) is 5.83. The number of hydrogen-bond donors (Lipinski definition) is 1. The molecule has 0 aliphatic rings. The molecule has 0 aromatic heterocycles. The Morgan fingerprint density at radius 3 is 2.93 bits per heavy atom. The van der Waals surface area contributed by atoms with E-state index in [1.807, 2.05) is 0 Å². The zero-order valence-electron chi connectivity index (χ0n) is 8.52. The first-order valence-corrected chi connectivity index (χ1v) is 5.12. The van der Waals surface area contributed by atoms with Crippen LogP contribution in [0, 0.1) is 12.7 Å². The molecular formula is C11H13ClFNO. The molecule has 0 aliphatic carbocycles. The molecule has 1 aromatic rings. The molecule has 0 atom stereocenters. The minimum Gasteiger partial charge on any atom is -0.310 e. The fourth-order valence-corrected chi connectivity index (χ4v) is 1.58. The molecule has 0 bridgehead atoms. The predicted octanol–water partition coefficient (Wildman–Crippen LogP) is 2.12. The topological polar surface area (TPSA) is 29.1 Å². The van der Waals surface area contributed by atoms with Crippen molar-refractivity contribution in [3.63, 3.8) is 0 Å². The molecule has 1 aromatic carbocycles. The maximum Gasteiger partial charge on any atom is 0.133 e. The van der Waals surface area contributed by atoms with Gasteiger partial charge in [0.1, 0.15) is 12.1 Å². The van der Waals surface area contributed by atoms with Gasteiger partial charge in [0.05, 0.1) is 6.54 Å². The molecule has 1 rings (SSSR count). The van der Waals surface area contributed by atoms with Crippen LogP contribution in [0.4, 0.5) is 4.39 Å². The van der Waals surface area contributed by atoms with Crippen molar-refractivity contribution in [3.05, 3.63) is 34.1 Å². The highest BCUT2D eigenvalue weighted by atomic mass is 35.5. The highest BCUT2D eigenvalue weighted by Gasteiger charge is 2.05. The van der Waals surface area contributed by atoms with Crippen molar-refractivity contribution < 1.29 is 9.18 Å². The van der Waals surface area contributed by atoms with Crippen LogP contribution < -0.4 is 5.32 Å². The van der Waals surface area contributed by atoms with E-state index in [1.165, 1.54) is 6.07 Å². The SMILES string of the molecule is Cc1cc(Cl)c(CCNCC=O)cc1F. The van der Waals surface area contributed by atoms with Gasteiger partial charge < -0.3 is 10.1 Å². The molecule has 0 saturated heterocycles. The first kappa shape index (κ1) is 12.1. The lowest BCUT2D eigenvalue weighted by atomic mass is 10.1. The van der Waals surface area contributed by atoms with Crippen LogP contribution in [0.3, 0.4) is 0 Å². The van der Waals surface area contributed by atoms with Gasteiger partial charge in [-0.05, 0) is 43.1 Å². The van der Waals surface area contributed by atoms with Crippen molar-refractivity contribution in [2.24, 2.45) is 0 Å². The van der Waals surface area contributed by atoms with Gasteiger partial charge in [-0.1, -0.05) is 11.6 Å². The summed E-state index contributed by atoms with van der Waals surface area (Å²) in [5.41, 5.74) is 1.31. The summed E-state index contributed by atoms with van der Waals surface area (Å²) in [4.78, 5) is 10.0. The molecule has 0 radical (unpaired) electrons. The number of nitrogens with one attached hydrogen (secondary N) is 1. The molecule has 15 heavy (non-hydrogen) atoms. The Bertz CT molecular complexity index is 355. The van der Waals surface area contributed by atoms with Crippen LogP contribution >= 0.6 is 11.6 Å². The number of carbonyl (C=O) groups is 1. The lowest BCUT2D eigenvalue weighted by Gasteiger charge is -2.06. The predicted molar refractivity (Wildman–Crippen MR) is 58.8 cm³/mol. The Balaban J connectivity index is 2.61. The Hall–Kier alpha value is -0.930. The molecule has 0 unspecified atom stereocenters. The highest BCUT2D eigenvalue weighted by Crippen LogP contribution is 2.20. The number of rotatable bonds is 5. The Morgan fingerprint density at radius 2 is 2.27 bits per heavy atom. The van der Waals surface area contributed by atoms with Crippen molar-refractivity contribution in [1.82, 2.24) is 5.32 Å². The molecule has 0 amide bonds. The summed E-state index contributed by atoms with van der Waals surface area (Å²) >= 11 is 5.95. The third-order valence-corrected chi connectivity index (χ3v) is 2.48. The summed E-state index contributed by atoms with van der Waals surface area (Å²) in [5, 5.41) is 3.47. The number of aryl methyl sites for hydroxylation is 1. The molecule has 4 heteroatoms. The molecule has 0 saturated carbocycles. The zero-order chi connectivity index (χ0) is 11.3. The average Bonchev–Trinajstić information content (AvgIpc) is 2.20. The van der Waals surface area contributed by atoms with E-state index >= 15 is 0 Å². The lowest BCUT2D eigenvalue weighted by molar-refractivity contribution is -0.107. The van der Waals surface area contributed by atoms with Crippen LogP contribution in [0.2, 0.25) is 5.02 Å². The van der Waals surface area contributed by atoms with Crippen LogP contribution in [0.15, 0.2) is 12.1 Å². The van der Waals surface area contributed by atoms with Crippen LogP contribution in [0.1, 0.15) is 11.1 Å². The highest BCUT2D eigenvalue weighted by molar-refractivity contribution is 6.31. The molecule has 0 fully saturated rings. The summed E-state index contributed by atoms with van der Waals surface area (Å²) in [6.45, 7) is 2.60. The number of hydrogen-bond acceptors (Lipinski definition) is 2. The van der Waals surface area contributed by atoms with Gasteiger partial charge in [0.25, 0.3) is 0 Å². The van der Waals surface area contributed by atoms with Crippen LogP contribution in [0.5, 0.6) is 0 Å². The average molecular weight is 230 g/mol. The smallest absolute Gasteiger partial charge is 0.133 e. The third-order valence-electron chi connectivity index (χ3n) is 2.13. The van der Waals surface area contributed by atoms with E-state index in [-0.39, 0.29) is 5.82 Å². The summed E-state index contributed by atoms with van der Waals surface area (Å²) in [7, 11) is 0. The fraction of sp³-hybridized carbons (Fsp3) is 0.364. The number of aldehydes is 1. The molecule has 2 nitrogen and oxygen atoms in total. The Morgan fingerprint density at radius 1 is 1.53 bits per heavy atom. The fourth-order valence-electron chi connectivity index (χ4n) is 1.26. The van der Waals surface area contributed by atoms with Gasteiger partial charge >= 0.3 is 0 Å². The van der Waals surface area contributed by atoms with E-state index in [0.29, 0.717) is 30.1 Å². The van der Waals surface area contributed by atoms with Crippen molar-refractivity contribution in [1.29, 1.82) is 0 Å². The quantitative estimate of drug-likeness (QED) is 0.619. The van der Waals surface area contributed by atoms with Crippen LogP contribution in [-0.2, 0) is 11.2 Å². The zero-order valence-corrected chi connectivity index (χ0v) is 9.27. The van der Waals surface area contributed by atoms with Gasteiger partial charge in [-0.25, -0.2) is 4.39 Å². The second-order valence-electron chi connectivity index (χ2n) is 3.31. The standard InChI is InChI=1S/C11H13ClFNO/c1-8-6-10(12)9(7-11(8)13)2-3-14-4-5-15/h5-7,14H,2-4H2,1H3. The van der Waals surface area contributed by atoms with Crippen LogP contribution in [-0.4, -0.2) is 19.4 Å². The van der Waals surface area contributed by atoms with Crippen molar-refractivity contribution >= 4 is 17.9 Å². The lowest BCUT2D eigenvalue weighted by Crippen LogP contribution is -2.19. The van der Waals surface area contributed by atoms with E-state index in [0.717, 1.165) is 11.8 Å². The van der Waals surface area contributed by atoms with Crippen molar-refractivity contribution in [3.8, 4) is 0 Å². The van der Waals surface area contributed by atoms with Crippen molar-refractivity contribution in [2.75, 3.05) is 13.1 Å². The first-order valence-electron chi connectivity index (χ1n) is 4.74. The number of benzene rings is 1. The molecule has 0 aliphatic heterocycles. The van der Waals surface area contributed by atoms with E-state index in [1.54, 1.807) is 13.0 Å². The number of halogens is 2. The van der Waals surface area contributed by atoms with Gasteiger partial charge in [0.15, 0.2) is 0 Å². The van der Waals surface area contributed by atoms with Gasteiger partial charge in [0.2, 0.25) is 0 Å². The van der Waals surface area contributed by atoms with E-state index in [4.69, 9.17) is 11.6 Å². The molecule has 82 valence electrons. The van der Waals surface area contributed by atoms with E-state index in [2.05, 4.69) is 5.32 Å². The third kappa shape index (κ3) is 3.61. The summed E-state index contributed by atoms with van der Waals surface area (Å²) < 4.78 is 13.2. The van der Waals surface area contributed by atoms with Gasteiger partial charge in [-0.2, -0.15) is 0 Å². The van der Waals surface area contributed by atoms with Gasteiger partial charge in [-0.3, -0.25) is 0 Å². The van der Waals surface area contributed by atoms with E-state index < -0.39 is 0 Å². The molecule has 1 N–H and O–H groups in total. The molecular weight excluding hydrogens is 217 g/mol. The normalized spacial score (nSPS) is 10.3. The first-order chi connectivity index (χ1) is 7.15. The monoisotopic (exact) mass is 229 g/mol. The van der Waals surface area contributed by atoms with Gasteiger partial charge in [-0.15, -0.1) is 0 Å². The maximum atomic E-state index is 13.2. The summed E-state index contributed by atoms with van der Waals surface area (Å²) in [6, 6.07) is 3.06. The Labute approximate surface area is 93.4 Å². The molecule has 0 heterocycles. The summed E-state index contributed by atoms with van der Waals surface area (Å²) in [6.07, 6.45) is 1.40.